The van der Waals surface area contributed by atoms with Gasteiger partial charge in [0.15, 0.2) is 6.73 Å². The molecule has 2 heterocycles. The highest BCUT2D eigenvalue weighted by molar-refractivity contribution is 6.40. The van der Waals surface area contributed by atoms with E-state index in [0.29, 0.717) is 60.0 Å². The Kier molecular flexibility index (Phi) is 9.88. The number of ether oxygens (including phenoxy) is 2. The van der Waals surface area contributed by atoms with Gasteiger partial charge >= 0.3 is 5.97 Å². The maximum absolute atomic E-state index is 15.5. The fourth-order valence-electron chi connectivity index (χ4n) is 5.22. The van der Waals surface area contributed by atoms with Crippen LogP contribution in [0.1, 0.15) is 45.7 Å². The van der Waals surface area contributed by atoms with E-state index in [0.717, 1.165) is 6.07 Å². The second-order valence-corrected chi connectivity index (χ2v) is 12.3. The van der Waals surface area contributed by atoms with Crippen LogP contribution in [0.25, 0.3) is 16.7 Å². The van der Waals surface area contributed by atoms with Gasteiger partial charge < -0.3 is 35.2 Å². The summed E-state index contributed by atoms with van der Waals surface area (Å²) in [7, 11) is 0. The molecule has 46 heavy (non-hydrogen) atoms. The van der Waals surface area contributed by atoms with Gasteiger partial charge in [-0.2, -0.15) is 0 Å². The van der Waals surface area contributed by atoms with Crippen molar-refractivity contribution < 1.29 is 33.7 Å². The van der Waals surface area contributed by atoms with Crippen LogP contribution in [-0.2, 0) is 11.3 Å². The topological polar surface area (TPSA) is 138 Å². The van der Waals surface area contributed by atoms with Gasteiger partial charge in [-0.05, 0) is 43.7 Å². The van der Waals surface area contributed by atoms with Gasteiger partial charge in [-0.3, -0.25) is 9.79 Å². The minimum Gasteiger partial charge on any atom is -0.478 e. The number of fused-ring (bicyclic) bond motifs is 1. The molecule has 0 unspecified atom stereocenters. The van der Waals surface area contributed by atoms with Crippen LogP contribution < -0.4 is 15.4 Å². The minimum atomic E-state index is -1.23. The molecule has 3 aromatic carbocycles. The van der Waals surface area contributed by atoms with E-state index < -0.39 is 23.2 Å². The number of anilines is 1. The zero-order valence-electron chi connectivity index (χ0n) is 25.2. The summed E-state index contributed by atoms with van der Waals surface area (Å²) in [5, 5.41) is 19.5. The Morgan fingerprint density at radius 3 is 2.43 bits per heavy atom. The van der Waals surface area contributed by atoms with E-state index in [1.165, 1.54) is 23.4 Å². The van der Waals surface area contributed by atoms with Crippen LogP contribution in [0.5, 0.6) is 5.75 Å². The summed E-state index contributed by atoms with van der Waals surface area (Å²) in [6.07, 6.45) is 2.84. The van der Waals surface area contributed by atoms with Crippen molar-refractivity contribution in [2.75, 3.05) is 44.5 Å². The zero-order valence-corrected chi connectivity index (χ0v) is 26.7. The number of aliphatic hydroxyl groups is 1. The molecule has 2 aliphatic rings. The SMILES string of the molecule is CC(C)(CO)N=CC(=CN)c1cc(Cl)c(C(=O)N2COc3c(cccc3-c3cc(N4CCOCC4)c(C(=O)O)cc3F)C2)c(Cl)c1. The van der Waals surface area contributed by atoms with Crippen molar-refractivity contribution in [3.05, 3.63) is 86.8 Å². The fraction of sp³-hybridized carbons (Fsp3) is 0.303. The Hall–Kier alpha value is -4.16. The number of para-hydroxylation sites is 1. The first-order chi connectivity index (χ1) is 21.9. The number of halogens is 3. The molecule has 13 heteroatoms. The number of nitrogens with zero attached hydrogens (tertiary/aromatic N) is 3. The standard InChI is InChI=1S/C33H33Cl2FN4O6/c1-33(2,17-41)38-15-21(14-37)20-10-25(34)29(26(35)11-20)31(42)40-16-19-4-3-5-22(30(19)46-18-40)23-13-28(39-6-8-45-9-7-39)24(32(43)44)12-27(23)36/h3-5,10-15,41H,6-9,16-18,37H2,1-2H3,(H,43,44). The molecule has 1 saturated heterocycles. The summed E-state index contributed by atoms with van der Waals surface area (Å²) >= 11 is 13.2. The second kappa shape index (κ2) is 13.7. The highest BCUT2D eigenvalue weighted by atomic mass is 35.5. The van der Waals surface area contributed by atoms with Crippen LogP contribution in [0.2, 0.25) is 10.0 Å². The number of carboxylic acid groups (broad SMARTS) is 1. The van der Waals surface area contributed by atoms with E-state index in [1.807, 2.05) is 4.90 Å². The average molecular weight is 672 g/mol. The smallest absolute Gasteiger partial charge is 0.337 e. The fourth-order valence-corrected chi connectivity index (χ4v) is 5.87. The van der Waals surface area contributed by atoms with Crippen LogP contribution in [0.15, 0.2) is 53.7 Å². The first kappa shape index (κ1) is 33.2. The highest BCUT2D eigenvalue weighted by Crippen LogP contribution is 2.41. The van der Waals surface area contributed by atoms with Crippen molar-refractivity contribution in [2.24, 2.45) is 10.7 Å². The number of aromatic carboxylic acids is 1. The second-order valence-electron chi connectivity index (χ2n) is 11.5. The lowest BCUT2D eigenvalue weighted by Crippen LogP contribution is -2.37. The van der Waals surface area contributed by atoms with Crippen LogP contribution in [-0.4, -0.2) is 78.4 Å². The Morgan fingerprint density at radius 2 is 1.80 bits per heavy atom. The van der Waals surface area contributed by atoms with E-state index in [2.05, 4.69) is 4.99 Å². The van der Waals surface area contributed by atoms with Gasteiger partial charge in [-0.25, -0.2) is 9.18 Å². The van der Waals surface area contributed by atoms with Crippen LogP contribution >= 0.6 is 23.2 Å². The minimum absolute atomic E-state index is 0.0738. The largest absolute Gasteiger partial charge is 0.478 e. The molecule has 10 nitrogen and oxygen atoms in total. The molecule has 0 aliphatic carbocycles. The van der Waals surface area contributed by atoms with Crippen molar-refractivity contribution in [2.45, 2.75) is 25.9 Å². The van der Waals surface area contributed by atoms with E-state index in [1.54, 1.807) is 44.2 Å². The molecule has 0 bridgehead atoms. The molecule has 242 valence electrons. The number of allylic oxidation sites excluding steroid dienone is 1. The van der Waals surface area contributed by atoms with Gasteiger partial charge in [-0.15, -0.1) is 0 Å². The van der Waals surface area contributed by atoms with Gasteiger partial charge in [-0.1, -0.05) is 41.4 Å². The lowest BCUT2D eigenvalue weighted by Gasteiger charge is -2.32. The quantitative estimate of drug-likeness (QED) is 0.268. The van der Waals surface area contributed by atoms with Gasteiger partial charge in [0, 0.05) is 47.8 Å². The number of amides is 1. The maximum Gasteiger partial charge on any atom is 0.337 e. The Balaban J connectivity index is 1.43. The third kappa shape index (κ3) is 6.82. The van der Waals surface area contributed by atoms with Crippen molar-refractivity contribution in [1.82, 2.24) is 4.90 Å². The zero-order chi connectivity index (χ0) is 33.2. The Morgan fingerprint density at radius 1 is 1.11 bits per heavy atom. The lowest BCUT2D eigenvalue weighted by atomic mass is 9.97. The van der Waals surface area contributed by atoms with Gasteiger partial charge in [0.2, 0.25) is 0 Å². The number of aliphatic hydroxyl groups excluding tert-OH is 1. The summed E-state index contributed by atoms with van der Waals surface area (Å²) < 4.78 is 26.9. The third-order valence-electron chi connectivity index (χ3n) is 7.78. The maximum atomic E-state index is 15.5. The summed E-state index contributed by atoms with van der Waals surface area (Å²) in [5.74, 6) is -2.03. The summed E-state index contributed by atoms with van der Waals surface area (Å²) in [4.78, 5) is 33.3. The van der Waals surface area contributed by atoms with Crippen LogP contribution in [0.4, 0.5) is 10.1 Å². The van der Waals surface area contributed by atoms with Gasteiger partial charge in [0.25, 0.3) is 5.91 Å². The molecule has 3 aromatic rings. The van der Waals surface area contributed by atoms with E-state index in [-0.39, 0.29) is 46.6 Å². The Labute approximate surface area is 275 Å². The number of hydrogen-bond acceptors (Lipinski definition) is 8. The number of carbonyl (C=O) groups is 2. The molecule has 0 spiro atoms. The van der Waals surface area contributed by atoms with E-state index >= 15 is 4.39 Å². The van der Waals surface area contributed by atoms with Crippen LogP contribution in [0, 0.1) is 5.82 Å². The first-order valence-electron chi connectivity index (χ1n) is 14.5. The summed E-state index contributed by atoms with van der Waals surface area (Å²) in [6, 6.07) is 10.9. The number of nitrogens with two attached hydrogens (primary N) is 1. The molecule has 0 atom stereocenters. The van der Waals surface area contributed by atoms with Gasteiger partial charge in [0.1, 0.15) is 11.6 Å². The number of aliphatic imine (C=N–C) groups is 1. The number of carbonyl (C=O) groups excluding carboxylic acids is 1. The predicted octanol–water partition coefficient (Wildman–Crippen LogP) is 5.47. The molecule has 0 aromatic heterocycles. The molecule has 0 radical (unpaired) electrons. The van der Waals surface area contributed by atoms with E-state index in [4.69, 9.17) is 38.4 Å². The molecule has 4 N–H and O–H groups in total. The molecule has 5 rings (SSSR count). The lowest BCUT2D eigenvalue weighted by molar-refractivity contribution is 0.0516. The highest BCUT2D eigenvalue weighted by Gasteiger charge is 2.30. The molecular weight excluding hydrogens is 638 g/mol. The average Bonchev–Trinajstić information content (AvgIpc) is 3.04. The van der Waals surface area contributed by atoms with Crippen molar-refractivity contribution in [1.29, 1.82) is 0 Å². The molecule has 0 saturated carbocycles. The number of benzene rings is 3. The normalized spacial score (nSPS) is 15.6. The molecule has 2 aliphatic heterocycles. The van der Waals surface area contributed by atoms with E-state index in [9.17, 15) is 19.8 Å². The predicted molar refractivity (Wildman–Crippen MR) is 175 cm³/mol. The summed E-state index contributed by atoms with van der Waals surface area (Å²) in [5.41, 5.74) is 7.67. The number of carboxylic acids is 1. The number of hydrogen-bond donors (Lipinski definition) is 3. The molecule has 1 amide bonds. The van der Waals surface area contributed by atoms with Crippen molar-refractivity contribution in [3.8, 4) is 16.9 Å². The van der Waals surface area contributed by atoms with Crippen molar-refractivity contribution in [3.63, 3.8) is 0 Å². The third-order valence-corrected chi connectivity index (χ3v) is 8.37. The first-order valence-corrected chi connectivity index (χ1v) is 15.2. The van der Waals surface area contributed by atoms with Gasteiger partial charge in [0.05, 0.1) is 58.8 Å². The van der Waals surface area contributed by atoms with Crippen LogP contribution in [0.3, 0.4) is 0 Å². The molecule has 1 fully saturated rings. The molecular formula is C33H33Cl2FN4O6. The summed E-state index contributed by atoms with van der Waals surface area (Å²) in [6.45, 7) is 5.11. The Bertz CT molecular complexity index is 1720. The van der Waals surface area contributed by atoms with Crippen molar-refractivity contribution >= 4 is 52.6 Å². The number of morpholine rings is 1. The monoisotopic (exact) mass is 670 g/mol. The number of rotatable bonds is 8.